The van der Waals surface area contributed by atoms with E-state index in [-0.39, 0.29) is 25.0 Å². The molecule has 0 spiro atoms. The lowest BCUT2D eigenvalue weighted by molar-refractivity contribution is -0.236. The van der Waals surface area contributed by atoms with Crippen LogP contribution in [0.1, 0.15) is 45.2 Å². The average Bonchev–Trinajstić information content (AvgIpc) is 2.56. The molecular formula is C17H21ClF5NO2S. The van der Waals surface area contributed by atoms with Crippen molar-refractivity contribution >= 4 is 23.0 Å². The SMILES string of the molecule is CC(C)(C)[S@@+]([O-])NC(c1ccc(F)c(Cl)c1F)[C@H]1CC[C@H](C(F)(F)F)OC1. The molecule has 27 heavy (non-hydrogen) atoms. The maximum Gasteiger partial charge on any atom is 0.414 e. The van der Waals surface area contributed by atoms with Crippen LogP contribution in [0.5, 0.6) is 0 Å². The third kappa shape index (κ3) is 5.47. The monoisotopic (exact) mass is 433 g/mol. The summed E-state index contributed by atoms with van der Waals surface area (Å²) < 4.78 is 86.0. The highest BCUT2D eigenvalue weighted by atomic mass is 35.5. The molecule has 1 saturated heterocycles. The highest BCUT2D eigenvalue weighted by Crippen LogP contribution is 2.39. The molecule has 1 heterocycles. The number of halogens is 6. The number of benzene rings is 1. The molecule has 1 unspecified atom stereocenters. The van der Waals surface area contributed by atoms with Gasteiger partial charge in [0.2, 0.25) is 0 Å². The molecule has 1 aromatic rings. The Morgan fingerprint density at radius 1 is 1.22 bits per heavy atom. The van der Waals surface area contributed by atoms with E-state index in [4.69, 9.17) is 16.3 Å². The van der Waals surface area contributed by atoms with Crippen molar-refractivity contribution in [2.45, 2.75) is 56.7 Å². The molecule has 10 heteroatoms. The Morgan fingerprint density at radius 3 is 2.33 bits per heavy atom. The first-order valence-electron chi connectivity index (χ1n) is 8.32. The van der Waals surface area contributed by atoms with Crippen molar-refractivity contribution in [1.29, 1.82) is 0 Å². The first kappa shape index (κ1) is 22.7. The fraction of sp³-hybridized carbons (Fsp3) is 0.647. The minimum Gasteiger partial charge on any atom is -0.598 e. The molecule has 1 aliphatic rings. The van der Waals surface area contributed by atoms with Crippen LogP contribution in [0.2, 0.25) is 5.02 Å². The van der Waals surface area contributed by atoms with Gasteiger partial charge in [-0.3, -0.25) is 0 Å². The van der Waals surface area contributed by atoms with Crippen LogP contribution in [-0.4, -0.2) is 28.2 Å². The maximum atomic E-state index is 14.5. The van der Waals surface area contributed by atoms with Crippen molar-refractivity contribution in [3.8, 4) is 0 Å². The smallest absolute Gasteiger partial charge is 0.414 e. The summed E-state index contributed by atoms with van der Waals surface area (Å²) in [6, 6.07) is 1.18. The van der Waals surface area contributed by atoms with Gasteiger partial charge in [-0.05, 0) is 39.7 Å². The van der Waals surface area contributed by atoms with E-state index in [1.54, 1.807) is 20.8 Å². The van der Waals surface area contributed by atoms with Crippen LogP contribution < -0.4 is 4.72 Å². The van der Waals surface area contributed by atoms with E-state index in [1.165, 1.54) is 0 Å². The van der Waals surface area contributed by atoms with Crippen LogP contribution in [0.25, 0.3) is 0 Å². The van der Waals surface area contributed by atoms with Crippen LogP contribution in [0.3, 0.4) is 0 Å². The van der Waals surface area contributed by atoms with Crippen molar-refractivity contribution in [3.63, 3.8) is 0 Å². The summed E-state index contributed by atoms with van der Waals surface area (Å²) in [7, 11) is 0. The number of hydrogen-bond acceptors (Lipinski definition) is 3. The van der Waals surface area contributed by atoms with E-state index in [0.717, 1.165) is 12.1 Å². The van der Waals surface area contributed by atoms with Crippen LogP contribution in [0.15, 0.2) is 12.1 Å². The standard InChI is InChI=1S/C17H21ClF5NO2S/c1-16(2,3)27(25)24-15(10-5-6-11(19)13(18)14(10)20)9-4-7-12(26-8-9)17(21,22)23/h5-6,9,12,15,24H,4,7-8H2,1-3H3/t9-,12+,15?,27+/m0/s1. The van der Waals surface area contributed by atoms with Gasteiger partial charge in [0.1, 0.15) is 21.4 Å². The van der Waals surface area contributed by atoms with E-state index in [0.29, 0.717) is 0 Å². The summed E-state index contributed by atoms with van der Waals surface area (Å²) in [5.41, 5.74) is -0.0574. The highest BCUT2D eigenvalue weighted by Gasteiger charge is 2.45. The van der Waals surface area contributed by atoms with Gasteiger partial charge in [-0.2, -0.15) is 13.2 Å². The normalized spacial score (nSPS) is 23.9. The third-order valence-electron chi connectivity index (χ3n) is 4.34. The fourth-order valence-corrected chi connectivity index (χ4v) is 3.86. The minimum atomic E-state index is -4.48. The van der Waals surface area contributed by atoms with Gasteiger partial charge in [-0.1, -0.05) is 17.7 Å². The molecule has 0 amide bonds. The van der Waals surface area contributed by atoms with Gasteiger partial charge < -0.3 is 9.29 Å². The average molecular weight is 434 g/mol. The summed E-state index contributed by atoms with van der Waals surface area (Å²) >= 11 is 3.99. The van der Waals surface area contributed by atoms with Crippen LogP contribution in [0.4, 0.5) is 22.0 Å². The Bertz CT molecular complexity index is 660. The lowest BCUT2D eigenvalue weighted by Crippen LogP contribution is -2.46. The van der Waals surface area contributed by atoms with Crippen molar-refractivity contribution < 1.29 is 31.2 Å². The first-order chi connectivity index (χ1) is 12.3. The second-order valence-corrected chi connectivity index (χ2v) is 9.82. The predicted molar refractivity (Wildman–Crippen MR) is 93.7 cm³/mol. The van der Waals surface area contributed by atoms with Crippen LogP contribution in [-0.2, 0) is 16.1 Å². The Labute approximate surface area is 162 Å². The lowest BCUT2D eigenvalue weighted by Gasteiger charge is -2.36. The minimum absolute atomic E-state index is 0.0574. The van der Waals surface area contributed by atoms with Crippen molar-refractivity contribution in [3.05, 3.63) is 34.4 Å². The lowest BCUT2D eigenvalue weighted by atomic mass is 9.87. The molecule has 0 aromatic heterocycles. The molecule has 3 nitrogen and oxygen atoms in total. The molecule has 1 fully saturated rings. The Kier molecular flexibility index (Phi) is 7.06. The van der Waals surface area contributed by atoms with Crippen molar-refractivity contribution in [1.82, 2.24) is 4.72 Å². The molecule has 1 aliphatic heterocycles. The molecule has 0 aliphatic carbocycles. The molecule has 2 rings (SSSR count). The zero-order valence-corrected chi connectivity index (χ0v) is 16.6. The Balaban J connectivity index is 2.30. The van der Waals surface area contributed by atoms with Crippen LogP contribution in [0, 0.1) is 17.6 Å². The molecule has 4 atom stereocenters. The van der Waals surface area contributed by atoms with E-state index >= 15 is 0 Å². The van der Waals surface area contributed by atoms with Gasteiger partial charge in [0.25, 0.3) is 0 Å². The van der Waals surface area contributed by atoms with Gasteiger partial charge >= 0.3 is 6.18 Å². The van der Waals surface area contributed by atoms with E-state index in [1.807, 2.05) is 0 Å². The summed E-state index contributed by atoms with van der Waals surface area (Å²) in [5, 5.41) is -0.717. The summed E-state index contributed by atoms with van der Waals surface area (Å²) in [4.78, 5) is 0. The highest BCUT2D eigenvalue weighted by molar-refractivity contribution is 7.90. The molecular weight excluding hydrogens is 413 g/mol. The first-order valence-corrected chi connectivity index (χ1v) is 9.85. The zero-order chi connectivity index (χ0) is 20.6. The zero-order valence-electron chi connectivity index (χ0n) is 15.0. The van der Waals surface area contributed by atoms with Crippen molar-refractivity contribution in [2.75, 3.05) is 6.61 Å². The largest absolute Gasteiger partial charge is 0.598 e. The fourth-order valence-electron chi connectivity index (χ4n) is 2.78. The van der Waals surface area contributed by atoms with Crippen LogP contribution >= 0.6 is 11.6 Å². The second-order valence-electron chi connectivity index (χ2n) is 7.44. The Morgan fingerprint density at radius 2 is 1.85 bits per heavy atom. The molecule has 0 bridgehead atoms. The maximum absolute atomic E-state index is 14.5. The molecule has 154 valence electrons. The number of ether oxygens (including phenoxy) is 1. The van der Waals surface area contributed by atoms with Gasteiger partial charge in [-0.15, -0.1) is 4.72 Å². The quantitative estimate of drug-likeness (QED) is 0.409. The molecule has 0 saturated carbocycles. The van der Waals surface area contributed by atoms with Crippen molar-refractivity contribution in [2.24, 2.45) is 5.92 Å². The van der Waals surface area contributed by atoms with E-state index in [2.05, 4.69) is 4.72 Å². The van der Waals surface area contributed by atoms with Gasteiger partial charge in [0.15, 0.2) is 6.10 Å². The summed E-state index contributed by atoms with van der Waals surface area (Å²) in [6.07, 6.45) is -6.60. The Hall–Kier alpha value is -0.610. The van der Waals surface area contributed by atoms with E-state index < -0.39 is 57.0 Å². The number of rotatable bonds is 4. The molecule has 0 radical (unpaired) electrons. The van der Waals surface area contributed by atoms with Gasteiger partial charge in [-0.25, -0.2) is 8.78 Å². The molecule has 1 N–H and O–H groups in total. The second kappa shape index (κ2) is 8.41. The number of nitrogens with one attached hydrogen (secondary N) is 1. The summed E-state index contributed by atoms with van der Waals surface area (Å²) in [6.45, 7) is 4.77. The summed E-state index contributed by atoms with van der Waals surface area (Å²) in [5.74, 6) is -2.57. The van der Waals surface area contributed by atoms with E-state index in [9.17, 15) is 26.5 Å². The van der Waals surface area contributed by atoms with Gasteiger partial charge in [0.05, 0.1) is 12.6 Å². The topological polar surface area (TPSA) is 44.3 Å². The predicted octanol–water partition coefficient (Wildman–Crippen LogP) is 5.07. The number of alkyl halides is 3. The van der Waals surface area contributed by atoms with Gasteiger partial charge in [0, 0.05) is 22.8 Å². The third-order valence-corrected chi connectivity index (χ3v) is 6.26. The molecule has 1 aromatic carbocycles. The number of hydrogen-bond donors (Lipinski definition) is 1.